The van der Waals surface area contributed by atoms with Crippen LogP contribution in [0.1, 0.15) is 59.8 Å². The summed E-state index contributed by atoms with van der Waals surface area (Å²) in [5.74, 6) is -0.188. The molecule has 7 nitrogen and oxygen atoms in total. The molecule has 0 aliphatic carbocycles. The highest BCUT2D eigenvalue weighted by molar-refractivity contribution is 5.90. The largest absolute Gasteiger partial charge is 0.345 e. The third kappa shape index (κ3) is 10.9. The number of amides is 2. The van der Waals surface area contributed by atoms with Gasteiger partial charge in [0.2, 0.25) is 11.8 Å². The van der Waals surface area contributed by atoms with Gasteiger partial charge in [0.15, 0.2) is 0 Å². The number of rotatable bonds is 13. The van der Waals surface area contributed by atoms with Gasteiger partial charge < -0.3 is 26.9 Å². The molecule has 7 heteroatoms. The second-order valence-electron chi connectivity index (χ2n) is 7.46. The van der Waals surface area contributed by atoms with Crippen LogP contribution in [-0.2, 0) is 14.4 Å². The predicted molar refractivity (Wildman–Crippen MR) is 99.7 cm³/mol. The Balaban J connectivity index is 4.78. The first-order chi connectivity index (χ1) is 11.7. The van der Waals surface area contributed by atoms with Gasteiger partial charge in [-0.3, -0.25) is 9.59 Å². The molecule has 0 rings (SSSR count). The van der Waals surface area contributed by atoms with Crippen LogP contribution >= 0.6 is 0 Å². The monoisotopic (exact) mass is 356 g/mol. The van der Waals surface area contributed by atoms with E-state index in [0.717, 1.165) is 19.1 Å². The lowest BCUT2D eigenvalue weighted by Crippen LogP contribution is -2.54. The van der Waals surface area contributed by atoms with Gasteiger partial charge in [0.1, 0.15) is 12.3 Å². The van der Waals surface area contributed by atoms with Crippen LogP contribution < -0.4 is 22.1 Å². The Labute approximate surface area is 151 Å². The lowest BCUT2D eigenvalue weighted by molar-refractivity contribution is -0.131. The van der Waals surface area contributed by atoms with Crippen LogP contribution in [0.15, 0.2) is 0 Å². The van der Waals surface area contributed by atoms with Crippen LogP contribution in [0.4, 0.5) is 0 Å². The van der Waals surface area contributed by atoms with Crippen molar-refractivity contribution >= 4 is 18.1 Å². The lowest BCUT2D eigenvalue weighted by Gasteiger charge is -2.24. The zero-order valence-corrected chi connectivity index (χ0v) is 16.1. The van der Waals surface area contributed by atoms with Crippen molar-refractivity contribution < 1.29 is 14.4 Å². The molecule has 0 unspecified atom stereocenters. The molecule has 2 amide bonds. The van der Waals surface area contributed by atoms with Crippen LogP contribution in [0.25, 0.3) is 0 Å². The van der Waals surface area contributed by atoms with Crippen molar-refractivity contribution in [2.45, 2.75) is 77.9 Å². The fraction of sp³-hybridized carbons (Fsp3) is 0.833. The molecule has 0 aromatic rings. The molecule has 0 heterocycles. The van der Waals surface area contributed by atoms with E-state index in [1.807, 2.05) is 27.7 Å². The summed E-state index contributed by atoms with van der Waals surface area (Å²) in [5.41, 5.74) is 11.3. The van der Waals surface area contributed by atoms with Crippen LogP contribution in [0.3, 0.4) is 0 Å². The van der Waals surface area contributed by atoms with E-state index in [4.69, 9.17) is 11.5 Å². The molecule has 0 spiro atoms. The second-order valence-corrected chi connectivity index (χ2v) is 7.46. The van der Waals surface area contributed by atoms with E-state index in [1.165, 1.54) is 0 Å². The molecule has 0 aromatic carbocycles. The zero-order valence-electron chi connectivity index (χ0n) is 16.1. The predicted octanol–water partition coefficient (Wildman–Crippen LogP) is 0.703. The molecule has 0 aliphatic rings. The molecule has 25 heavy (non-hydrogen) atoms. The normalized spacial score (nSPS) is 14.9. The lowest BCUT2D eigenvalue weighted by atomic mass is 10.0. The maximum Gasteiger partial charge on any atom is 0.243 e. The van der Waals surface area contributed by atoms with Gasteiger partial charge in [-0.05, 0) is 44.1 Å². The maximum atomic E-state index is 12.5. The van der Waals surface area contributed by atoms with E-state index in [2.05, 4.69) is 10.6 Å². The molecule has 0 aliphatic heterocycles. The van der Waals surface area contributed by atoms with Crippen LogP contribution in [0, 0.1) is 11.8 Å². The summed E-state index contributed by atoms with van der Waals surface area (Å²) in [6, 6.07) is -1.90. The standard InChI is InChI=1S/C18H36N4O3/c1-12(2)9-14(11-23)21-18(25)16(10-13(3)4)22-17(24)15(20)7-5-6-8-19/h11-16H,5-10,19-20H2,1-4H3,(H,21,25)(H,22,24)/t14-,15-,16-/m0/s1. The molecule has 0 fully saturated rings. The number of hydrogen-bond acceptors (Lipinski definition) is 5. The van der Waals surface area contributed by atoms with Gasteiger partial charge in [-0.1, -0.05) is 34.1 Å². The van der Waals surface area contributed by atoms with E-state index >= 15 is 0 Å². The van der Waals surface area contributed by atoms with Gasteiger partial charge >= 0.3 is 0 Å². The summed E-state index contributed by atoms with van der Waals surface area (Å²) in [6.45, 7) is 8.47. The minimum absolute atomic E-state index is 0.212. The highest BCUT2D eigenvalue weighted by Gasteiger charge is 2.26. The van der Waals surface area contributed by atoms with Gasteiger partial charge in [-0.15, -0.1) is 0 Å². The summed E-state index contributed by atoms with van der Waals surface area (Å²) in [5, 5.41) is 5.46. The topological polar surface area (TPSA) is 127 Å². The first-order valence-corrected chi connectivity index (χ1v) is 9.22. The van der Waals surface area contributed by atoms with Crippen molar-refractivity contribution in [2.24, 2.45) is 23.3 Å². The Morgan fingerprint density at radius 1 is 0.960 bits per heavy atom. The van der Waals surface area contributed by atoms with Crippen molar-refractivity contribution in [3.8, 4) is 0 Å². The van der Waals surface area contributed by atoms with Crippen molar-refractivity contribution in [1.82, 2.24) is 10.6 Å². The van der Waals surface area contributed by atoms with Gasteiger partial charge in [0.25, 0.3) is 0 Å². The minimum Gasteiger partial charge on any atom is -0.345 e. The highest BCUT2D eigenvalue weighted by atomic mass is 16.2. The molecule has 146 valence electrons. The molecule has 0 saturated carbocycles. The molecule has 3 atom stereocenters. The van der Waals surface area contributed by atoms with Crippen molar-refractivity contribution in [3.05, 3.63) is 0 Å². The number of carbonyl (C=O) groups excluding carboxylic acids is 3. The molecule has 6 N–H and O–H groups in total. The maximum absolute atomic E-state index is 12.5. The number of hydrogen-bond donors (Lipinski definition) is 4. The quantitative estimate of drug-likeness (QED) is 0.285. The second kappa shape index (κ2) is 12.8. The number of aldehydes is 1. The van der Waals surface area contributed by atoms with Gasteiger partial charge in [0, 0.05) is 0 Å². The smallest absolute Gasteiger partial charge is 0.243 e. The van der Waals surface area contributed by atoms with E-state index in [0.29, 0.717) is 25.8 Å². The summed E-state index contributed by atoms with van der Waals surface area (Å²) in [4.78, 5) is 35.9. The average molecular weight is 357 g/mol. The van der Waals surface area contributed by atoms with Crippen molar-refractivity contribution in [1.29, 1.82) is 0 Å². The molecular weight excluding hydrogens is 320 g/mol. The SMILES string of the molecule is CC(C)C[C@@H](C=O)NC(=O)[C@H](CC(C)C)NC(=O)[C@@H](N)CCCCN. The fourth-order valence-corrected chi connectivity index (χ4v) is 2.56. The van der Waals surface area contributed by atoms with E-state index in [-0.39, 0.29) is 23.7 Å². The Morgan fingerprint density at radius 3 is 2.04 bits per heavy atom. The number of unbranched alkanes of at least 4 members (excludes halogenated alkanes) is 1. The van der Waals surface area contributed by atoms with Crippen LogP contribution in [0.5, 0.6) is 0 Å². The number of carbonyl (C=O) groups is 3. The van der Waals surface area contributed by atoms with Gasteiger partial charge in [-0.25, -0.2) is 0 Å². The Hall–Kier alpha value is -1.47. The van der Waals surface area contributed by atoms with Crippen molar-refractivity contribution in [3.63, 3.8) is 0 Å². The zero-order chi connectivity index (χ0) is 19.4. The summed E-state index contributed by atoms with van der Waals surface area (Å²) < 4.78 is 0. The van der Waals surface area contributed by atoms with Gasteiger partial charge in [-0.2, -0.15) is 0 Å². The summed E-state index contributed by atoms with van der Waals surface area (Å²) in [6.07, 6.45) is 3.91. The number of nitrogens with one attached hydrogen (secondary N) is 2. The molecular formula is C18H36N4O3. The minimum atomic E-state index is -0.692. The summed E-state index contributed by atoms with van der Waals surface area (Å²) >= 11 is 0. The summed E-state index contributed by atoms with van der Waals surface area (Å²) in [7, 11) is 0. The highest BCUT2D eigenvalue weighted by Crippen LogP contribution is 2.08. The van der Waals surface area contributed by atoms with E-state index in [1.54, 1.807) is 0 Å². The average Bonchev–Trinajstić information content (AvgIpc) is 2.52. The fourth-order valence-electron chi connectivity index (χ4n) is 2.56. The van der Waals surface area contributed by atoms with Crippen molar-refractivity contribution in [2.75, 3.05) is 6.54 Å². The number of nitrogens with two attached hydrogens (primary N) is 2. The van der Waals surface area contributed by atoms with Gasteiger partial charge in [0.05, 0.1) is 12.1 Å². The molecule has 0 bridgehead atoms. The first-order valence-electron chi connectivity index (χ1n) is 9.22. The third-order valence-electron chi connectivity index (χ3n) is 3.86. The Bertz CT molecular complexity index is 413. The van der Waals surface area contributed by atoms with Crippen LogP contribution in [-0.4, -0.2) is 42.8 Å². The molecule has 0 aromatic heterocycles. The van der Waals surface area contributed by atoms with E-state index in [9.17, 15) is 14.4 Å². The van der Waals surface area contributed by atoms with E-state index < -0.39 is 18.1 Å². The van der Waals surface area contributed by atoms with Crippen LogP contribution in [0.2, 0.25) is 0 Å². The first kappa shape index (κ1) is 23.5. The Kier molecular flexibility index (Phi) is 12.1. The Morgan fingerprint density at radius 2 is 1.56 bits per heavy atom. The third-order valence-corrected chi connectivity index (χ3v) is 3.86. The molecule has 0 radical (unpaired) electrons. The molecule has 0 saturated heterocycles.